The van der Waals surface area contributed by atoms with E-state index in [0.29, 0.717) is 17.8 Å². The first-order valence-electron chi connectivity index (χ1n) is 7.12. The second-order valence-electron chi connectivity index (χ2n) is 6.21. The first kappa shape index (κ1) is 17.2. The Morgan fingerprint density at radius 1 is 1.19 bits per heavy atom. The number of nitrogens with one attached hydrogen (secondary N) is 2. The summed E-state index contributed by atoms with van der Waals surface area (Å²) in [6, 6.07) is 4.79. The van der Waals surface area contributed by atoms with Crippen LogP contribution in [-0.4, -0.2) is 17.9 Å². The van der Waals surface area contributed by atoms with E-state index < -0.39 is 6.04 Å². The van der Waals surface area contributed by atoms with Crippen LogP contribution in [-0.2, 0) is 9.59 Å². The monoisotopic (exact) mass is 291 g/mol. The minimum Gasteiger partial charge on any atom is -0.326 e. The lowest BCUT2D eigenvalue weighted by atomic mass is 9.87. The summed E-state index contributed by atoms with van der Waals surface area (Å²) < 4.78 is 0. The lowest BCUT2D eigenvalue weighted by Gasteiger charge is -2.26. The number of benzene rings is 1. The summed E-state index contributed by atoms with van der Waals surface area (Å²) in [5, 5.41) is 5.64. The molecule has 116 valence electrons. The Kier molecular flexibility index (Phi) is 5.49. The van der Waals surface area contributed by atoms with Crippen LogP contribution in [0.2, 0.25) is 0 Å². The fraction of sp³-hybridized carbons (Fsp3) is 0.500. The number of nitrogens with two attached hydrogens (primary N) is 1. The number of amides is 2. The lowest BCUT2D eigenvalue weighted by molar-refractivity contribution is -0.119. The smallest absolute Gasteiger partial charge is 0.241 e. The summed E-state index contributed by atoms with van der Waals surface area (Å²) >= 11 is 0. The van der Waals surface area contributed by atoms with Crippen LogP contribution in [0, 0.1) is 12.3 Å². The molecule has 0 aromatic heterocycles. The summed E-state index contributed by atoms with van der Waals surface area (Å²) in [5.41, 5.74) is 7.81. The van der Waals surface area contributed by atoms with Gasteiger partial charge in [-0.1, -0.05) is 33.8 Å². The molecule has 0 aliphatic rings. The van der Waals surface area contributed by atoms with Crippen molar-refractivity contribution in [1.82, 2.24) is 0 Å². The van der Waals surface area contributed by atoms with Gasteiger partial charge >= 0.3 is 0 Å². The van der Waals surface area contributed by atoms with Gasteiger partial charge in [-0.05, 0) is 30.0 Å². The van der Waals surface area contributed by atoms with Gasteiger partial charge in [0.2, 0.25) is 11.8 Å². The first-order chi connectivity index (χ1) is 9.66. The topological polar surface area (TPSA) is 84.2 Å². The molecule has 0 fully saturated rings. The highest BCUT2D eigenvalue weighted by Crippen LogP contribution is 2.25. The van der Waals surface area contributed by atoms with E-state index in [4.69, 9.17) is 5.73 Å². The molecule has 0 unspecified atom stereocenters. The van der Waals surface area contributed by atoms with E-state index in [9.17, 15) is 9.59 Å². The molecule has 5 nitrogen and oxygen atoms in total. The Morgan fingerprint density at radius 2 is 1.71 bits per heavy atom. The summed E-state index contributed by atoms with van der Waals surface area (Å²) in [5.74, 6) is -0.294. The predicted octanol–water partition coefficient (Wildman–Crippen LogP) is 2.66. The largest absolute Gasteiger partial charge is 0.326 e. The van der Waals surface area contributed by atoms with Crippen molar-refractivity contribution in [3.63, 3.8) is 0 Å². The van der Waals surface area contributed by atoms with Crippen molar-refractivity contribution in [1.29, 1.82) is 0 Å². The standard InChI is InChI=1S/C16H25N3O2/c1-6-13(20)18-11-8-7-9-12(10(11)2)19-15(21)14(17)16(3,4)5/h7-9,14H,6,17H2,1-5H3,(H,18,20)(H,19,21)/t14-/m0/s1. The van der Waals surface area contributed by atoms with Gasteiger partial charge in [-0.3, -0.25) is 9.59 Å². The van der Waals surface area contributed by atoms with Crippen LogP contribution in [0.1, 0.15) is 39.7 Å². The average Bonchev–Trinajstić information content (AvgIpc) is 2.41. The summed E-state index contributed by atoms with van der Waals surface area (Å²) in [6.45, 7) is 9.40. The molecule has 1 atom stereocenters. The number of hydrogen-bond acceptors (Lipinski definition) is 3. The molecular weight excluding hydrogens is 266 g/mol. The van der Waals surface area contributed by atoms with Crippen LogP contribution in [0.25, 0.3) is 0 Å². The molecule has 0 saturated carbocycles. The van der Waals surface area contributed by atoms with Gasteiger partial charge in [0.1, 0.15) is 0 Å². The summed E-state index contributed by atoms with van der Waals surface area (Å²) in [7, 11) is 0. The molecule has 0 spiro atoms. The Balaban J connectivity index is 2.92. The van der Waals surface area contributed by atoms with E-state index in [1.54, 1.807) is 19.1 Å². The third-order valence-electron chi connectivity index (χ3n) is 3.40. The van der Waals surface area contributed by atoms with Crippen LogP contribution in [0.4, 0.5) is 11.4 Å². The Morgan fingerprint density at radius 3 is 2.19 bits per heavy atom. The fourth-order valence-electron chi connectivity index (χ4n) is 1.75. The van der Waals surface area contributed by atoms with Gasteiger partial charge in [-0.25, -0.2) is 0 Å². The van der Waals surface area contributed by atoms with E-state index in [1.807, 2.05) is 33.8 Å². The maximum absolute atomic E-state index is 12.2. The van der Waals surface area contributed by atoms with E-state index >= 15 is 0 Å². The van der Waals surface area contributed by atoms with Crippen molar-refractivity contribution in [2.45, 2.75) is 47.1 Å². The molecule has 2 amide bonds. The molecule has 5 heteroatoms. The van der Waals surface area contributed by atoms with Gasteiger partial charge in [0.25, 0.3) is 0 Å². The Hall–Kier alpha value is -1.88. The van der Waals surface area contributed by atoms with Gasteiger partial charge in [-0.15, -0.1) is 0 Å². The molecule has 0 heterocycles. The Labute approximate surface area is 126 Å². The molecule has 1 aromatic carbocycles. The highest BCUT2D eigenvalue weighted by atomic mass is 16.2. The van der Waals surface area contributed by atoms with Crippen molar-refractivity contribution < 1.29 is 9.59 Å². The molecule has 4 N–H and O–H groups in total. The zero-order valence-corrected chi connectivity index (χ0v) is 13.4. The van der Waals surface area contributed by atoms with Crippen LogP contribution in [0.5, 0.6) is 0 Å². The van der Waals surface area contributed by atoms with Gasteiger partial charge in [-0.2, -0.15) is 0 Å². The highest BCUT2D eigenvalue weighted by Gasteiger charge is 2.27. The third kappa shape index (κ3) is 4.56. The van der Waals surface area contributed by atoms with Crippen molar-refractivity contribution in [3.8, 4) is 0 Å². The summed E-state index contributed by atoms with van der Waals surface area (Å²) in [6.07, 6.45) is 0.408. The molecule has 1 aromatic rings. The fourth-order valence-corrected chi connectivity index (χ4v) is 1.75. The van der Waals surface area contributed by atoms with Gasteiger partial charge in [0.05, 0.1) is 6.04 Å². The Bertz CT molecular complexity index is 533. The quantitative estimate of drug-likeness (QED) is 0.797. The number of anilines is 2. The van der Waals surface area contributed by atoms with Crippen LogP contribution in [0.15, 0.2) is 18.2 Å². The average molecular weight is 291 g/mol. The van der Waals surface area contributed by atoms with Gasteiger partial charge in [0.15, 0.2) is 0 Å². The van der Waals surface area contributed by atoms with E-state index in [-0.39, 0.29) is 17.2 Å². The second kappa shape index (κ2) is 6.72. The van der Waals surface area contributed by atoms with Crippen LogP contribution in [0.3, 0.4) is 0 Å². The SMILES string of the molecule is CCC(=O)Nc1cccc(NC(=O)[C@H](N)C(C)(C)C)c1C. The molecule has 21 heavy (non-hydrogen) atoms. The maximum atomic E-state index is 12.2. The van der Waals surface area contributed by atoms with Crippen molar-refractivity contribution in [2.24, 2.45) is 11.1 Å². The van der Waals surface area contributed by atoms with Gasteiger partial charge in [0, 0.05) is 17.8 Å². The van der Waals surface area contributed by atoms with Crippen LogP contribution >= 0.6 is 0 Å². The molecule has 1 rings (SSSR count). The number of carbonyl (C=O) groups is 2. The van der Waals surface area contributed by atoms with Gasteiger partial charge < -0.3 is 16.4 Å². The first-order valence-corrected chi connectivity index (χ1v) is 7.12. The zero-order valence-electron chi connectivity index (χ0n) is 13.4. The maximum Gasteiger partial charge on any atom is 0.241 e. The normalized spacial score (nSPS) is 12.7. The molecule has 0 saturated heterocycles. The van der Waals surface area contributed by atoms with Crippen molar-refractivity contribution >= 4 is 23.2 Å². The third-order valence-corrected chi connectivity index (χ3v) is 3.40. The molecular formula is C16H25N3O2. The van der Waals surface area contributed by atoms with Crippen LogP contribution < -0.4 is 16.4 Å². The number of hydrogen-bond donors (Lipinski definition) is 3. The van der Waals surface area contributed by atoms with Crippen molar-refractivity contribution in [3.05, 3.63) is 23.8 Å². The van der Waals surface area contributed by atoms with Crippen molar-refractivity contribution in [2.75, 3.05) is 10.6 Å². The van der Waals surface area contributed by atoms with E-state index in [0.717, 1.165) is 5.56 Å². The van der Waals surface area contributed by atoms with E-state index in [2.05, 4.69) is 10.6 Å². The molecule has 0 bridgehead atoms. The molecule has 0 aliphatic carbocycles. The van der Waals surface area contributed by atoms with E-state index in [1.165, 1.54) is 0 Å². The second-order valence-corrected chi connectivity index (χ2v) is 6.21. The number of carbonyl (C=O) groups excluding carboxylic acids is 2. The lowest BCUT2D eigenvalue weighted by Crippen LogP contribution is -2.45. The predicted molar refractivity (Wildman–Crippen MR) is 86.2 cm³/mol. The minimum absolute atomic E-state index is 0.0621. The molecule has 0 aliphatic heterocycles. The number of rotatable bonds is 4. The molecule has 0 radical (unpaired) electrons. The zero-order chi connectivity index (χ0) is 16.2. The highest BCUT2D eigenvalue weighted by molar-refractivity contribution is 5.98. The summed E-state index contributed by atoms with van der Waals surface area (Å²) in [4.78, 5) is 23.7. The minimum atomic E-state index is -0.606.